The molecule has 1 aromatic heterocycles. The Balaban J connectivity index is 1.83. The number of aromatic nitrogens is 3. The summed E-state index contributed by atoms with van der Waals surface area (Å²) in [7, 11) is 0. The molecule has 26 heavy (non-hydrogen) atoms. The quantitative estimate of drug-likeness (QED) is 0.857. The van der Waals surface area contributed by atoms with E-state index in [2.05, 4.69) is 40.5 Å². The van der Waals surface area contributed by atoms with Crippen LogP contribution in [0.4, 0.5) is 5.69 Å². The molecule has 1 N–H and O–H groups in total. The molecule has 2 heterocycles. The fourth-order valence-corrected chi connectivity index (χ4v) is 3.20. The Bertz CT molecular complexity index is 855. The molecular formula is C19H23N5O2. The van der Waals surface area contributed by atoms with Crippen LogP contribution in [0.1, 0.15) is 54.7 Å². The molecular weight excluding hydrogens is 330 g/mol. The molecule has 0 saturated heterocycles. The molecule has 0 aliphatic carbocycles. The predicted octanol–water partition coefficient (Wildman–Crippen LogP) is 2.74. The van der Waals surface area contributed by atoms with Gasteiger partial charge in [-0.25, -0.2) is 0 Å². The Labute approximate surface area is 152 Å². The number of fused-ring (bicyclic) bond motifs is 1. The van der Waals surface area contributed by atoms with Crippen molar-refractivity contribution in [3.05, 3.63) is 54.1 Å². The molecule has 136 valence electrons. The van der Waals surface area contributed by atoms with Crippen molar-refractivity contribution in [2.24, 2.45) is 0 Å². The lowest BCUT2D eigenvalue weighted by molar-refractivity contribution is -0.111. The van der Waals surface area contributed by atoms with Crippen LogP contribution < -0.4 is 5.32 Å². The first-order valence-corrected chi connectivity index (χ1v) is 8.69. The molecule has 0 spiro atoms. The average Bonchev–Trinajstić information content (AvgIpc) is 3.07. The lowest BCUT2D eigenvalue weighted by Crippen LogP contribution is -2.41. The van der Waals surface area contributed by atoms with E-state index in [1.165, 1.54) is 6.08 Å². The number of amides is 2. The second kappa shape index (κ2) is 7.11. The minimum atomic E-state index is -0.310. The van der Waals surface area contributed by atoms with Gasteiger partial charge >= 0.3 is 0 Å². The highest BCUT2D eigenvalue weighted by atomic mass is 16.2. The molecule has 1 atom stereocenters. The van der Waals surface area contributed by atoms with Gasteiger partial charge in [0.1, 0.15) is 5.82 Å². The van der Waals surface area contributed by atoms with E-state index < -0.39 is 0 Å². The van der Waals surface area contributed by atoms with Crippen molar-refractivity contribution in [1.82, 2.24) is 19.7 Å². The lowest BCUT2D eigenvalue weighted by atomic mass is 10.1. The Morgan fingerprint density at radius 3 is 2.77 bits per heavy atom. The van der Waals surface area contributed by atoms with Crippen LogP contribution in [0.5, 0.6) is 0 Å². The van der Waals surface area contributed by atoms with Gasteiger partial charge in [0.05, 0.1) is 6.04 Å². The highest BCUT2D eigenvalue weighted by Gasteiger charge is 2.32. The number of benzene rings is 1. The zero-order chi connectivity index (χ0) is 18.8. The minimum absolute atomic E-state index is 0.0902. The third-order valence-corrected chi connectivity index (χ3v) is 4.55. The van der Waals surface area contributed by atoms with Crippen LogP contribution in [0, 0.1) is 0 Å². The molecule has 0 saturated carbocycles. The Morgan fingerprint density at radius 2 is 2.08 bits per heavy atom. The van der Waals surface area contributed by atoms with Crippen molar-refractivity contribution in [1.29, 1.82) is 0 Å². The molecule has 2 amide bonds. The number of nitrogens with zero attached hydrogens (tertiary/aromatic N) is 4. The number of carbonyl (C=O) groups is 2. The maximum absolute atomic E-state index is 13.0. The van der Waals surface area contributed by atoms with Crippen molar-refractivity contribution in [3.8, 4) is 0 Å². The lowest BCUT2D eigenvalue weighted by Gasteiger charge is -2.34. The molecule has 0 radical (unpaired) electrons. The Hall–Kier alpha value is -2.96. The topological polar surface area (TPSA) is 80.1 Å². The predicted molar refractivity (Wildman–Crippen MR) is 98.8 cm³/mol. The average molecular weight is 353 g/mol. The molecule has 0 bridgehead atoms. The van der Waals surface area contributed by atoms with Crippen molar-refractivity contribution in [3.63, 3.8) is 0 Å². The third kappa shape index (κ3) is 3.24. The SMILES string of the molecule is C=CC(=O)Nc1cccc(C(=O)N2CCn3c(C(C)C)nnc3C2C)c1. The van der Waals surface area contributed by atoms with E-state index >= 15 is 0 Å². The van der Waals surface area contributed by atoms with Gasteiger partial charge in [0.2, 0.25) is 5.91 Å². The molecule has 0 fully saturated rings. The van der Waals surface area contributed by atoms with Gasteiger partial charge in [-0.2, -0.15) is 0 Å². The summed E-state index contributed by atoms with van der Waals surface area (Å²) < 4.78 is 2.11. The number of carbonyl (C=O) groups excluding carboxylic acids is 2. The summed E-state index contributed by atoms with van der Waals surface area (Å²) in [5.74, 6) is 1.65. The van der Waals surface area contributed by atoms with Crippen molar-refractivity contribution >= 4 is 17.5 Å². The van der Waals surface area contributed by atoms with E-state index in [0.29, 0.717) is 24.3 Å². The third-order valence-electron chi connectivity index (χ3n) is 4.55. The summed E-state index contributed by atoms with van der Waals surface area (Å²) in [6, 6.07) is 6.75. The first-order valence-electron chi connectivity index (χ1n) is 8.69. The molecule has 1 aromatic carbocycles. The highest BCUT2D eigenvalue weighted by Crippen LogP contribution is 2.28. The van der Waals surface area contributed by atoms with Crippen LogP contribution in [-0.2, 0) is 11.3 Å². The van der Waals surface area contributed by atoms with Gasteiger partial charge in [0, 0.05) is 30.3 Å². The first kappa shape index (κ1) is 17.8. The van der Waals surface area contributed by atoms with Gasteiger partial charge < -0.3 is 14.8 Å². The molecule has 3 rings (SSSR count). The number of nitrogens with one attached hydrogen (secondary N) is 1. The summed E-state index contributed by atoms with van der Waals surface area (Å²) in [6.45, 7) is 10.8. The van der Waals surface area contributed by atoms with Gasteiger partial charge in [-0.3, -0.25) is 9.59 Å². The van der Waals surface area contributed by atoms with Gasteiger partial charge in [-0.15, -0.1) is 10.2 Å². The fourth-order valence-electron chi connectivity index (χ4n) is 3.20. The van der Waals surface area contributed by atoms with E-state index in [1.807, 2.05) is 6.92 Å². The second-order valence-corrected chi connectivity index (χ2v) is 6.67. The standard InChI is InChI=1S/C19H23N5O2/c1-5-16(25)20-15-8-6-7-14(11-15)19(26)23-9-10-24-17(12(2)3)21-22-18(24)13(23)4/h5-8,11-13H,1,9-10H2,2-4H3,(H,20,25). The molecule has 7 heteroatoms. The van der Waals surface area contributed by atoms with Crippen LogP contribution in [0.3, 0.4) is 0 Å². The minimum Gasteiger partial charge on any atom is -0.327 e. The maximum atomic E-state index is 13.0. The second-order valence-electron chi connectivity index (χ2n) is 6.67. The van der Waals surface area contributed by atoms with Crippen LogP contribution >= 0.6 is 0 Å². The monoisotopic (exact) mass is 353 g/mol. The Kier molecular flexibility index (Phi) is 4.88. The summed E-state index contributed by atoms with van der Waals surface area (Å²) in [4.78, 5) is 26.3. The first-order chi connectivity index (χ1) is 12.4. The van der Waals surface area contributed by atoms with Crippen molar-refractivity contribution < 1.29 is 9.59 Å². The van der Waals surface area contributed by atoms with Crippen molar-refractivity contribution in [2.45, 2.75) is 39.3 Å². The molecule has 1 unspecified atom stereocenters. The van der Waals surface area contributed by atoms with Gasteiger partial charge in [-0.1, -0.05) is 26.5 Å². The highest BCUT2D eigenvalue weighted by molar-refractivity contribution is 6.00. The smallest absolute Gasteiger partial charge is 0.254 e. The summed E-state index contributed by atoms with van der Waals surface area (Å²) >= 11 is 0. The van der Waals surface area contributed by atoms with E-state index in [0.717, 1.165) is 11.6 Å². The Morgan fingerprint density at radius 1 is 1.31 bits per heavy atom. The van der Waals surface area contributed by atoms with E-state index in [-0.39, 0.29) is 23.8 Å². The van der Waals surface area contributed by atoms with Crippen LogP contribution in [0.2, 0.25) is 0 Å². The summed E-state index contributed by atoms with van der Waals surface area (Å²) in [6.07, 6.45) is 1.19. The van der Waals surface area contributed by atoms with E-state index in [9.17, 15) is 9.59 Å². The van der Waals surface area contributed by atoms with Crippen LogP contribution in [0.15, 0.2) is 36.9 Å². The molecule has 7 nitrogen and oxygen atoms in total. The summed E-state index contributed by atoms with van der Waals surface area (Å²) in [5.41, 5.74) is 1.09. The largest absolute Gasteiger partial charge is 0.327 e. The van der Waals surface area contributed by atoms with Crippen molar-refractivity contribution in [2.75, 3.05) is 11.9 Å². The van der Waals surface area contributed by atoms with Crippen LogP contribution in [-0.4, -0.2) is 38.0 Å². The van der Waals surface area contributed by atoms with Crippen LogP contribution in [0.25, 0.3) is 0 Å². The number of anilines is 1. The zero-order valence-electron chi connectivity index (χ0n) is 15.3. The van der Waals surface area contributed by atoms with Gasteiger partial charge in [0.25, 0.3) is 5.91 Å². The van der Waals surface area contributed by atoms with E-state index in [4.69, 9.17) is 0 Å². The number of hydrogen-bond donors (Lipinski definition) is 1. The molecule has 2 aromatic rings. The zero-order valence-corrected chi connectivity index (χ0v) is 15.3. The van der Waals surface area contributed by atoms with Gasteiger partial charge in [0.15, 0.2) is 5.82 Å². The number of hydrogen-bond acceptors (Lipinski definition) is 4. The normalized spacial score (nSPS) is 16.3. The summed E-state index contributed by atoms with van der Waals surface area (Å²) in [5, 5.41) is 11.3. The molecule has 1 aliphatic rings. The maximum Gasteiger partial charge on any atom is 0.254 e. The van der Waals surface area contributed by atoms with Gasteiger partial charge in [-0.05, 0) is 31.2 Å². The number of rotatable bonds is 4. The fraction of sp³-hybridized carbons (Fsp3) is 0.368. The molecule has 1 aliphatic heterocycles. The van der Waals surface area contributed by atoms with E-state index in [1.54, 1.807) is 29.2 Å².